The minimum absolute atomic E-state index is 0.226. The van der Waals surface area contributed by atoms with Gasteiger partial charge in [0.25, 0.3) is 5.91 Å². The van der Waals surface area contributed by atoms with Gasteiger partial charge in [0.05, 0.1) is 0 Å². The molecule has 0 bridgehead atoms. The van der Waals surface area contributed by atoms with E-state index in [1.165, 1.54) is 39.0 Å². The molecule has 0 unspecified atom stereocenters. The van der Waals surface area contributed by atoms with Gasteiger partial charge >= 0.3 is 12.1 Å². The number of amides is 1. The zero-order valence-electron chi connectivity index (χ0n) is 16.1. The van der Waals surface area contributed by atoms with E-state index in [4.69, 9.17) is 16.3 Å². The maximum atomic E-state index is 13.8. The Balaban J connectivity index is 2.31. The molecule has 1 amide bonds. The van der Waals surface area contributed by atoms with Crippen molar-refractivity contribution in [1.29, 1.82) is 0 Å². The molecule has 0 aliphatic carbocycles. The van der Waals surface area contributed by atoms with E-state index in [-0.39, 0.29) is 10.8 Å². The van der Waals surface area contributed by atoms with E-state index >= 15 is 0 Å². The SMILES string of the molecule is Cc1cc(OCC(=O)N2N=C(C(F)(F)C(F)(F)F)C[C@@]2(O)C(C)(C)C)ccc1Cl. The number of carbonyl (C=O) groups is 1. The number of nitrogens with zero attached hydrogens (tertiary/aromatic N) is 2. The summed E-state index contributed by atoms with van der Waals surface area (Å²) in [6, 6.07) is 4.48. The van der Waals surface area contributed by atoms with Crippen LogP contribution in [0.5, 0.6) is 5.75 Å². The molecule has 0 radical (unpaired) electrons. The van der Waals surface area contributed by atoms with Crippen LogP contribution in [0.25, 0.3) is 0 Å². The molecular weight excluding hydrogens is 423 g/mol. The number of ether oxygens (including phenoxy) is 1. The number of rotatable bonds is 4. The number of hydrogen-bond donors (Lipinski definition) is 1. The lowest BCUT2D eigenvalue weighted by atomic mass is 9.79. The van der Waals surface area contributed by atoms with E-state index in [9.17, 15) is 31.9 Å². The van der Waals surface area contributed by atoms with Gasteiger partial charge in [-0.1, -0.05) is 32.4 Å². The quantitative estimate of drug-likeness (QED) is 0.696. The summed E-state index contributed by atoms with van der Waals surface area (Å²) in [6.45, 7) is 5.11. The molecule has 1 N–H and O–H groups in total. The van der Waals surface area contributed by atoms with Crippen molar-refractivity contribution < 1.29 is 36.6 Å². The highest BCUT2D eigenvalue weighted by molar-refractivity contribution is 6.31. The Morgan fingerprint density at radius 3 is 2.34 bits per heavy atom. The number of aliphatic hydroxyl groups is 1. The van der Waals surface area contributed by atoms with Crippen LogP contribution < -0.4 is 4.74 Å². The summed E-state index contributed by atoms with van der Waals surface area (Å²) in [5.41, 5.74) is -4.67. The molecule has 0 aromatic heterocycles. The van der Waals surface area contributed by atoms with Gasteiger partial charge in [-0.15, -0.1) is 0 Å². The fourth-order valence-corrected chi connectivity index (χ4v) is 2.76. The van der Waals surface area contributed by atoms with Crippen molar-refractivity contribution >= 4 is 23.2 Å². The third-order valence-electron chi connectivity index (χ3n) is 4.63. The Hall–Kier alpha value is -1.94. The maximum absolute atomic E-state index is 13.8. The fraction of sp³-hybridized carbons (Fsp3) is 0.556. The molecule has 29 heavy (non-hydrogen) atoms. The standard InChI is InChI=1S/C18H20ClF5N2O3/c1-10-7-11(5-6-12(10)19)29-9-14(27)26-16(28,15(2,3)4)8-13(25-26)17(20,21)18(22,23)24/h5-7,28H,8-9H2,1-4H3/t16-/m1/s1. The second-order valence-electron chi connectivity index (χ2n) is 7.77. The molecule has 162 valence electrons. The van der Waals surface area contributed by atoms with E-state index in [2.05, 4.69) is 5.10 Å². The summed E-state index contributed by atoms with van der Waals surface area (Å²) in [5, 5.41) is 14.7. The van der Waals surface area contributed by atoms with Crippen LogP contribution in [0.15, 0.2) is 23.3 Å². The van der Waals surface area contributed by atoms with Gasteiger partial charge < -0.3 is 9.84 Å². The summed E-state index contributed by atoms with van der Waals surface area (Å²) >= 11 is 5.89. The second kappa shape index (κ2) is 7.39. The lowest BCUT2D eigenvalue weighted by Gasteiger charge is -2.41. The van der Waals surface area contributed by atoms with Gasteiger partial charge in [-0.25, -0.2) is 0 Å². The minimum atomic E-state index is -5.92. The molecule has 0 spiro atoms. The third-order valence-corrected chi connectivity index (χ3v) is 5.06. The summed E-state index contributed by atoms with van der Waals surface area (Å²) in [4.78, 5) is 12.5. The molecule has 1 aromatic carbocycles. The Morgan fingerprint density at radius 2 is 1.86 bits per heavy atom. The van der Waals surface area contributed by atoms with E-state index in [1.807, 2.05) is 0 Å². The summed E-state index contributed by atoms with van der Waals surface area (Å²) in [6.07, 6.45) is -7.07. The van der Waals surface area contributed by atoms with Gasteiger partial charge in [-0.05, 0) is 30.7 Å². The van der Waals surface area contributed by atoms with Crippen LogP contribution in [0.2, 0.25) is 5.02 Å². The van der Waals surface area contributed by atoms with Crippen molar-refractivity contribution in [2.24, 2.45) is 10.5 Å². The van der Waals surface area contributed by atoms with Gasteiger partial charge in [0, 0.05) is 16.9 Å². The number of alkyl halides is 5. The fourth-order valence-electron chi connectivity index (χ4n) is 2.64. The van der Waals surface area contributed by atoms with Crippen molar-refractivity contribution in [1.82, 2.24) is 5.01 Å². The number of halogens is 6. The van der Waals surface area contributed by atoms with Crippen LogP contribution in [0.4, 0.5) is 22.0 Å². The molecule has 1 aromatic rings. The van der Waals surface area contributed by atoms with Crippen LogP contribution in [-0.2, 0) is 4.79 Å². The van der Waals surface area contributed by atoms with E-state index in [1.54, 1.807) is 6.92 Å². The van der Waals surface area contributed by atoms with Gasteiger partial charge in [0.1, 0.15) is 11.5 Å². The first-order valence-electron chi connectivity index (χ1n) is 8.47. The minimum Gasteiger partial charge on any atom is -0.484 e. The molecule has 0 fully saturated rings. The largest absolute Gasteiger partial charge is 0.484 e. The normalized spacial score (nSPS) is 20.7. The smallest absolute Gasteiger partial charge is 0.459 e. The van der Waals surface area contributed by atoms with Gasteiger partial charge in [0.15, 0.2) is 12.3 Å². The zero-order chi connectivity index (χ0) is 22.4. The highest BCUT2D eigenvalue weighted by Gasteiger charge is 2.66. The Kier molecular flexibility index (Phi) is 5.95. The van der Waals surface area contributed by atoms with Gasteiger partial charge in [-0.2, -0.15) is 32.1 Å². The Morgan fingerprint density at radius 1 is 1.28 bits per heavy atom. The zero-order valence-corrected chi connectivity index (χ0v) is 16.8. The topological polar surface area (TPSA) is 62.1 Å². The van der Waals surface area contributed by atoms with Gasteiger partial charge in [-0.3, -0.25) is 4.79 Å². The molecule has 1 aliphatic heterocycles. The van der Waals surface area contributed by atoms with Crippen LogP contribution in [0, 0.1) is 12.3 Å². The molecule has 5 nitrogen and oxygen atoms in total. The molecule has 0 saturated heterocycles. The number of hydrazone groups is 1. The first-order valence-corrected chi connectivity index (χ1v) is 8.85. The Bertz CT molecular complexity index is 836. The van der Waals surface area contributed by atoms with Crippen LogP contribution in [-0.4, -0.2) is 46.2 Å². The summed E-state index contributed by atoms with van der Waals surface area (Å²) in [5.74, 6) is -6.15. The highest BCUT2D eigenvalue weighted by Crippen LogP contribution is 2.47. The molecule has 1 aliphatic rings. The number of hydrogen-bond acceptors (Lipinski definition) is 4. The lowest BCUT2D eigenvalue weighted by molar-refractivity contribution is -0.250. The average Bonchev–Trinajstić information content (AvgIpc) is 2.94. The van der Waals surface area contributed by atoms with Crippen molar-refractivity contribution in [2.75, 3.05) is 6.61 Å². The van der Waals surface area contributed by atoms with Crippen LogP contribution in [0.1, 0.15) is 32.8 Å². The first kappa shape index (κ1) is 23.3. The number of carbonyl (C=O) groups excluding carboxylic acids is 1. The van der Waals surface area contributed by atoms with Crippen LogP contribution >= 0.6 is 11.6 Å². The van der Waals surface area contributed by atoms with Crippen LogP contribution in [0.3, 0.4) is 0 Å². The van der Waals surface area contributed by atoms with E-state index < -0.39 is 47.9 Å². The molecule has 1 heterocycles. The maximum Gasteiger partial charge on any atom is 0.459 e. The van der Waals surface area contributed by atoms with Gasteiger partial charge in [0.2, 0.25) is 0 Å². The summed E-state index contributed by atoms with van der Waals surface area (Å²) < 4.78 is 71.1. The lowest BCUT2D eigenvalue weighted by Crippen LogP contribution is -2.56. The second-order valence-corrected chi connectivity index (χ2v) is 8.17. The third kappa shape index (κ3) is 4.32. The van der Waals surface area contributed by atoms with Crippen molar-refractivity contribution in [3.63, 3.8) is 0 Å². The van der Waals surface area contributed by atoms with Crippen molar-refractivity contribution in [2.45, 2.75) is 51.9 Å². The highest BCUT2D eigenvalue weighted by atomic mass is 35.5. The molecule has 0 saturated carbocycles. The average molecular weight is 443 g/mol. The predicted molar refractivity (Wildman–Crippen MR) is 96.0 cm³/mol. The monoisotopic (exact) mass is 442 g/mol. The van der Waals surface area contributed by atoms with E-state index in [0.717, 1.165) is 0 Å². The number of benzene rings is 1. The molecule has 2 rings (SSSR count). The summed E-state index contributed by atoms with van der Waals surface area (Å²) in [7, 11) is 0. The molecular formula is C18H20ClF5N2O3. The van der Waals surface area contributed by atoms with Crippen molar-refractivity contribution in [3.05, 3.63) is 28.8 Å². The predicted octanol–water partition coefficient (Wildman–Crippen LogP) is 4.55. The van der Waals surface area contributed by atoms with E-state index in [0.29, 0.717) is 10.6 Å². The molecule has 11 heteroatoms. The molecule has 1 atom stereocenters. The van der Waals surface area contributed by atoms with Crippen molar-refractivity contribution in [3.8, 4) is 5.75 Å². The Labute approximate surface area is 169 Å². The first-order chi connectivity index (χ1) is 13.0. The number of aryl methyl sites for hydroxylation is 1.